The lowest BCUT2D eigenvalue weighted by atomic mass is 9.89. The Kier molecular flexibility index (Phi) is 2.86. The van der Waals surface area contributed by atoms with E-state index in [-0.39, 0.29) is 11.4 Å². The molecule has 15 heavy (non-hydrogen) atoms. The lowest BCUT2D eigenvalue weighted by Gasteiger charge is -2.26. The number of hydrogen-bond donors (Lipinski definition) is 1. The predicted octanol–water partition coefficient (Wildman–Crippen LogP) is 3.50. The summed E-state index contributed by atoms with van der Waals surface area (Å²) in [6.45, 7) is 4.85. The van der Waals surface area contributed by atoms with E-state index >= 15 is 0 Å². The Morgan fingerprint density at radius 3 is 2.80 bits per heavy atom. The fraction of sp³-hybridized carbons (Fsp3) is 0.500. The van der Waals surface area contributed by atoms with Crippen LogP contribution in [-0.2, 0) is 5.54 Å². The standard InChI is InChI=1S/C12H15BrFN/c1-8-6-9(13)7-10(11(8)14)12(2)4-3-5-15-12/h6-7,15H,3-5H2,1-2H3. The number of hydrogen-bond acceptors (Lipinski definition) is 1. The molecule has 1 atom stereocenters. The van der Waals surface area contributed by atoms with Gasteiger partial charge in [-0.25, -0.2) is 4.39 Å². The van der Waals surface area contributed by atoms with Gasteiger partial charge in [-0.15, -0.1) is 0 Å². The van der Waals surface area contributed by atoms with Gasteiger partial charge in [-0.2, -0.15) is 0 Å². The largest absolute Gasteiger partial charge is 0.308 e. The van der Waals surface area contributed by atoms with E-state index in [4.69, 9.17) is 0 Å². The molecule has 0 aliphatic carbocycles. The summed E-state index contributed by atoms with van der Waals surface area (Å²) in [4.78, 5) is 0. The topological polar surface area (TPSA) is 12.0 Å². The third kappa shape index (κ3) is 1.95. The van der Waals surface area contributed by atoms with Crippen LogP contribution in [0.15, 0.2) is 16.6 Å². The summed E-state index contributed by atoms with van der Waals surface area (Å²) in [7, 11) is 0. The van der Waals surface area contributed by atoms with Gasteiger partial charge in [0.25, 0.3) is 0 Å². The van der Waals surface area contributed by atoms with E-state index in [2.05, 4.69) is 28.2 Å². The maximum atomic E-state index is 14.0. The van der Waals surface area contributed by atoms with E-state index < -0.39 is 0 Å². The molecule has 1 heterocycles. The normalized spacial score (nSPS) is 25.9. The zero-order valence-electron chi connectivity index (χ0n) is 9.03. The van der Waals surface area contributed by atoms with E-state index in [0.717, 1.165) is 29.4 Å². The molecule has 0 aromatic heterocycles. The lowest BCUT2D eigenvalue weighted by Crippen LogP contribution is -2.34. The highest BCUT2D eigenvalue weighted by Crippen LogP contribution is 2.34. The van der Waals surface area contributed by atoms with Crippen LogP contribution in [0.4, 0.5) is 4.39 Å². The van der Waals surface area contributed by atoms with Crippen molar-refractivity contribution in [2.75, 3.05) is 6.54 Å². The molecule has 0 radical (unpaired) electrons. The summed E-state index contributed by atoms with van der Waals surface area (Å²) < 4.78 is 15.0. The molecule has 1 aromatic rings. The van der Waals surface area contributed by atoms with E-state index in [0.29, 0.717) is 5.56 Å². The molecule has 0 bridgehead atoms. The Morgan fingerprint density at radius 1 is 1.47 bits per heavy atom. The van der Waals surface area contributed by atoms with Crippen molar-refractivity contribution in [1.82, 2.24) is 5.32 Å². The average Bonchev–Trinajstić information content (AvgIpc) is 2.59. The maximum absolute atomic E-state index is 14.0. The molecule has 0 spiro atoms. The average molecular weight is 272 g/mol. The summed E-state index contributed by atoms with van der Waals surface area (Å²) in [5, 5.41) is 3.38. The second-order valence-corrected chi connectivity index (χ2v) is 5.36. The van der Waals surface area contributed by atoms with Crippen molar-refractivity contribution in [3.8, 4) is 0 Å². The highest BCUT2D eigenvalue weighted by molar-refractivity contribution is 9.10. The van der Waals surface area contributed by atoms with Crippen molar-refractivity contribution in [2.45, 2.75) is 32.2 Å². The van der Waals surface area contributed by atoms with E-state index in [9.17, 15) is 4.39 Å². The number of nitrogens with one attached hydrogen (secondary N) is 1. The molecule has 1 fully saturated rings. The summed E-state index contributed by atoms with van der Waals surface area (Å²) in [6, 6.07) is 3.71. The van der Waals surface area contributed by atoms with Gasteiger partial charge in [-0.05, 0) is 50.9 Å². The van der Waals surface area contributed by atoms with Crippen LogP contribution in [0.25, 0.3) is 0 Å². The van der Waals surface area contributed by atoms with E-state index in [1.807, 2.05) is 19.1 Å². The molecule has 1 N–H and O–H groups in total. The minimum atomic E-state index is -0.196. The van der Waals surface area contributed by atoms with Crippen molar-refractivity contribution in [1.29, 1.82) is 0 Å². The first kappa shape index (κ1) is 11.1. The van der Waals surface area contributed by atoms with Crippen molar-refractivity contribution < 1.29 is 4.39 Å². The van der Waals surface area contributed by atoms with Gasteiger partial charge >= 0.3 is 0 Å². The third-order valence-electron chi connectivity index (χ3n) is 3.18. The van der Waals surface area contributed by atoms with Gasteiger partial charge in [0.05, 0.1) is 0 Å². The van der Waals surface area contributed by atoms with Crippen molar-refractivity contribution in [3.63, 3.8) is 0 Å². The zero-order chi connectivity index (χ0) is 11.1. The molecular weight excluding hydrogens is 257 g/mol. The molecule has 1 aliphatic rings. The van der Waals surface area contributed by atoms with Crippen molar-refractivity contribution >= 4 is 15.9 Å². The first-order valence-corrected chi connectivity index (χ1v) is 6.03. The molecule has 82 valence electrons. The van der Waals surface area contributed by atoms with Crippen LogP contribution in [-0.4, -0.2) is 6.54 Å². The fourth-order valence-electron chi connectivity index (χ4n) is 2.25. The number of halogens is 2. The molecule has 1 unspecified atom stereocenters. The molecule has 1 saturated heterocycles. The van der Waals surface area contributed by atoms with Crippen LogP contribution >= 0.6 is 15.9 Å². The minimum Gasteiger partial charge on any atom is -0.308 e. The number of aryl methyl sites for hydroxylation is 1. The SMILES string of the molecule is Cc1cc(Br)cc(C2(C)CCCN2)c1F. The quantitative estimate of drug-likeness (QED) is 0.825. The van der Waals surface area contributed by atoms with Gasteiger partial charge in [-0.3, -0.25) is 0 Å². The minimum absolute atomic E-state index is 0.0740. The third-order valence-corrected chi connectivity index (χ3v) is 3.64. The van der Waals surface area contributed by atoms with Crippen LogP contribution in [0.1, 0.15) is 30.9 Å². The van der Waals surface area contributed by atoms with E-state index in [1.165, 1.54) is 0 Å². The summed E-state index contributed by atoms with van der Waals surface area (Å²) >= 11 is 3.42. The highest BCUT2D eigenvalue weighted by Gasteiger charge is 2.33. The van der Waals surface area contributed by atoms with Crippen LogP contribution < -0.4 is 5.32 Å². The van der Waals surface area contributed by atoms with Gasteiger partial charge in [0, 0.05) is 15.6 Å². The van der Waals surface area contributed by atoms with Crippen LogP contribution in [0.5, 0.6) is 0 Å². The van der Waals surface area contributed by atoms with Crippen LogP contribution in [0.2, 0.25) is 0 Å². The van der Waals surface area contributed by atoms with Gasteiger partial charge in [0.1, 0.15) is 5.82 Å². The van der Waals surface area contributed by atoms with Crippen LogP contribution in [0, 0.1) is 12.7 Å². The number of benzene rings is 1. The Labute approximate surface area is 98.2 Å². The maximum Gasteiger partial charge on any atom is 0.131 e. The second-order valence-electron chi connectivity index (χ2n) is 4.45. The molecule has 0 amide bonds. The molecule has 1 aromatic carbocycles. The molecule has 3 heteroatoms. The van der Waals surface area contributed by atoms with E-state index in [1.54, 1.807) is 0 Å². The predicted molar refractivity (Wildman–Crippen MR) is 63.4 cm³/mol. The van der Waals surface area contributed by atoms with Gasteiger partial charge in [-0.1, -0.05) is 15.9 Å². The summed E-state index contributed by atoms with van der Waals surface area (Å²) in [6.07, 6.45) is 2.11. The Morgan fingerprint density at radius 2 is 2.20 bits per heavy atom. The van der Waals surface area contributed by atoms with Crippen LogP contribution in [0.3, 0.4) is 0 Å². The highest BCUT2D eigenvalue weighted by atomic mass is 79.9. The summed E-state index contributed by atoms with van der Waals surface area (Å²) in [5.41, 5.74) is 1.29. The zero-order valence-corrected chi connectivity index (χ0v) is 10.6. The van der Waals surface area contributed by atoms with Gasteiger partial charge in [0.15, 0.2) is 0 Å². The molecular formula is C12H15BrFN. The Bertz CT molecular complexity index is 383. The second kappa shape index (κ2) is 3.87. The Balaban J connectivity index is 2.51. The van der Waals surface area contributed by atoms with Gasteiger partial charge < -0.3 is 5.32 Å². The van der Waals surface area contributed by atoms with Crippen molar-refractivity contribution in [3.05, 3.63) is 33.5 Å². The Hall–Kier alpha value is -0.410. The monoisotopic (exact) mass is 271 g/mol. The lowest BCUT2D eigenvalue weighted by molar-refractivity contribution is 0.409. The molecule has 1 nitrogen and oxygen atoms in total. The first-order valence-electron chi connectivity index (χ1n) is 5.24. The smallest absolute Gasteiger partial charge is 0.131 e. The van der Waals surface area contributed by atoms with Gasteiger partial charge in [0.2, 0.25) is 0 Å². The molecule has 2 rings (SSSR count). The summed E-state index contributed by atoms with van der Waals surface area (Å²) in [5.74, 6) is -0.0740. The van der Waals surface area contributed by atoms with Crippen molar-refractivity contribution in [2.24, 2.45) is 0 Å². The first-order chi connectivity index (χ1) is 7.03. The molecule has 1 aliphatic heterocycles. The number of rotatable bonds is 1. The molecule has 0 saturated carbocycles. The fourth-order valence-corrected chi connectivity index (χ4v) is 2.82.